The summed E-state index contributed by atoms with van der Waals surface area (Å²) in [4.78, 5) is 29.4. The number of thiazole rings is 1. The largest absolute Gasteiger partial charge is 0.356 e. The molecule has 16 heavy (non-hydrogen) atoms. The molecule has 0 atom stereocenters. The van der Waals surface area contributed by atoms with E-state index in [4.69, 9.17) is 0 Å². The minimum absolute atomic E-state index is 0.0791. The molecule has 2 rings (SSSR count). The van der Waals surface area contributed by atoms with Crippen molar-refractivity contribution in [1.82, 2.24) is 9.97 Å². The van der Waals surface area contributed by atoms with Crippen molar-refractivity contribution in [3.8, 4) is 0 Å². The van der Waals surface area contributed by atoms with Gasteiger partial charge in [-0.2, -0.15) is 0 Å². The number of hydrogen-bond donors (Lipinski definition) is 2. The number of carbonyl (C=O) groups excluding carboxylic acids is 2. The fourth-order valence-electron chi connectivity index (χ4n) is 1.18. The molecule has 0 fully saturated rings. The number of carbonyl (C=O) groups is 2. The fourth-order valence-corrected chi connectivity index (χ4v) is 1.70. The van der Waals surface area contributed by atoms with Crippen molar-refractivity contribution in [3.63, 3.8) is 0 Å². The number of Topliss-reactive ketones (excluding diaryl/α,β-unsaturated/α-hetero) is 1. The van der Waals surface area contributed by atoms with Gasteiger partial charge < -0.3 is 4.98 Å². The number of aromatic nitrogens is 2. The molecule has 6 heteroatoms. The summed E-state index contributed by atoms with van der Waals surface area (Å²) in [5.41, 5.74) is 0.838. The van der Waals surface area contributed by atoms with Crippen molar-refractivity contribution < 1.29 is 9.59 Å². The van der Waals surface area contributed by atoms with E-state index in [1.165, 1.54) is 30.5 Å². The summed E-state index contributed by atoms with van der Waals surface area (Å²) < 4.78 is 0. The van der Waals surface area contributed by atoms with Crippen LogP contribution < -0.4 is 5.32 Å². The molecule has 0 unspecified atom stereocenters. The summed E-state index contributed by atoms with van der Waals surface area (Å²) in [7, 11) is 0. The average molecular weight is 235 g/mol. The van der Waals surface area contributed by atoms with Gasteiger partial charge in [-0.1, -0.05) is 0 Å². The van der Waals surface area contributed by atoms with Crippen molar-refractivity contribution in [3.05, 3.63) is 35.1 Å². The molecule has 0 aliphatic rings. The molecule has 0 bridgehead atoms. The van der Waals surface area contributed by atoms with Crippen LogP contribution in [0.3, 0.4) is 0 Å². The number of rotatable bonds is 3. The molecule has 0 spiro atoms. The smallest absolute Gasteiger partial charge is 0.273 e. The Bertz CT molecular complexity index is 516. The van der Waals surface area contributed by atoms with E-state index >= 15 is 0 Å². The van der Waals surface area contributed by atoms with Crippen molar-refractivity contribution in [2.45, 2.75) is 6.92 Å². The molecular weight excluding hydrogens is 226 g/mol. The van der Waals surface area contributed by atoms with Crippen LogP contribution in [0.25, 0.3) is 0 Å². The van der Waals surface area contributed by atoms with Crippen LogP contribution in [-0.4, -0.2) is 21.7 Å². The number of hydrogen-bond acceptors (Lipinski definition) is 4. The molecule has 0 aliphatic heterocycles. The van der Waals surface area contributed by atoms with Crippen LogP contribution in [-0.2, 0) is 0 Å². The minimum atomic E-state index is -0.303. The Morgan fingerprint density at radius 2 is 2.31 bits per heavy atom. The number of anilines is 1. The number of aromatic amines is 1. The summed E-state index contributed by atoms with van der Waals surface area (Å²) in [6.45, 7) is 1.45. The number of ketones is 1. The second-order valence-electron chi connectivity index (χ2n) is 3.15. The molecule has 1 amide bonds. The lowest BCUT2D eigenvalue weighted by molar-refractivity contribution is 0.101. The van der Waals surface area contributed by atoms with Gasteiger partial charge in [-0.15, -0.1) is 11.3 Å². The zero-order valence-electron chi connectivity index (χ0n) is 8.48. The van der Waals surface area contributed by atoms with Gasteiger partial charge in [0.25, 0.3) is 5.91 Å². The van der Waals surface area contributed by atoms with Crippen molar-refractivity contribution in [2.24, 2.45) is 0 Å². The van der Waals surface area contributed by atoms with Gasteiger partial charge in [-0.25, -0.2) is 4.98 Å². The SMILES string of the molecule is CC(=O)c1c[nH]c(C(=O)Nc2nccs2)c1. The van der Waals surface area contributed by atoms with E-state index in [1.54, 1.807) is 11.6 Å². The van der Waals surface area contributed by atoms with E-state index in [0.29, 0.717) is 16.4 Å². The summed E-state index contributed by atoms with van der Waals surface area (Å²) in [5.74, 6) is -0.382. The molecule has 2 N–H and O–H groups in total. The highest BCUT2D eigenvalue weighted by Crippen LogP contribution is 2.12. The van der Waals surface area contributed by atoms with Gasteiger partial charge >= 0.3 is 0 Å². The fraction of sp³-hybridized carbons (Fsp3) is 0.100. The van der Waals surface area contributed by atoms with E-state index in [9.17, 15) is 9.59 Å². The lowest BCUT2D eigenvalue weighted by Gasteiger charge is -1.97. The van der Waals surface area contributed by atoms with E-state index in [1.807, 2.05) is 0 Å². The van der Waals surface area contributed by atoms with Crippen LogP contribution in [0.2, 0.25) is 0 Å². The Morgan fingerprint density at radius 3 is 2.88 bits per heavy atom. The molecule has 0 aromatic carbocycles. The summed E-state index contributed by atoms with van der Waals surface area (Å²) in [5, 5.41) is 4.92. The lowest BCUT2D eigenvalue weighted by Crippen LogP contribution is -2.11. The molecule has 0 saturated heterocycles. The van der Waals surface area contributed by atoms with Crippen molar-refractivity contribution in [2.75, 3.05) is 5.32 Å². The summed E-state index contributed by atoms with van der Waals surface area (Å²) >= 11 is 1.34. The van der Waals surface area contributed by atoms with Crippen LogP contribution in [0, 0.1) is 0 Å². The van der Waals surface area contributed by atoms with Gasteiger partial charge in [0.15, 0.2) is 10.9 Å². The highest BCUT2D eigenvalue weighted by Gasteiger charge is 2.11. The van der Waals surface area contributed by atoms with E-state index in [2.05, 4.69) is 15.3 Å². The zero-order chi connectivity index (χ0) is 11.5. The molecule has 82 valence electrons. The number of amides is 1. The Hall–Kier alpha value is -1.95. The van der Waals surface area contributed by atoms with Crippen molar-refractivity contribution in [1.29, 1.82) is 0 Å². The summed E-state index contributed by atoms with van der Waals surface area (Å²) in [6, 6.07) is 1.52. The van der Waals surface area contributed by atoms with Crippen LogP contribution in [0.15, 0.2) is 23.8 Å². The number of nitrogens with zero attached hydrogens (tertiary/aromatic N) is 1. The molecule has 2 heterocycles. The van der Waals surface area contributed by atoms with Crippen molar-refractivity contribution >= 4 is 28.2 Å². The maximum atomic E-state index is 11.7. The second-order valence-corrected chi connectivity index (χ2v) is 4.04. The van der Waals surface area contributed by atoms with E-state index in [0.717, 1.165) is 0 Å². The number of nitrogens with one attached hydrogen (secondary N) is 2. The maximum absolute atomic E-state index is 11.7. The van der Waals surface area contributed by atoms with Gasteiger partial charge in [-0.3, -0.25) is 14.9 Å². The first-order valence-corrected chi connectivity index (χ1v) is 5.45. The molecule has 0 saturated carbocycles. The third-order valence-electron chi connectivity index (χ3n) is 1.99. The second kappa shape index (κ2) is 4.28. The molecule has 2 aromatic rings. The summed E-state index contributed by atoms with van der Waals surface area (Å²) in [6.07, 6.45) is 3.12. The van der Waals surface area contributed by atoms with Crippen LogP contribution in [0.4, 0.5) is 5.13 Å². The molecule has 5 nitrogen and oxygen atoms in total. The zero-order valence-corrected chi connectivity index (χ0v) is 9.30. The standard InChI is InChI=1S/C10H9N3O2S/c1-6(14)7-4-8(12-5-7)9(15)13-10-11-2-3-16-10/h2-5,12H,1H3,(H,11,13,15). The Kier molecular flexibility index (Phi) is 2.82. The Labute approximate surface area is 95.5 Å². The third-order valence-corrected chi connectivity index (χ3v) is 2.68. The highest BCUT2D eigenvalue weighted by molar-refractivity contribution is 7.13. The molecule has 2 aromatic heterocycles. The van der Waals surface area contributed by atoms with E-state index in [-0.39, 0.29) is 11.7 Å². The first-order chi connectivity index (χ1) is 7.66. The lowest BCUT2D eigenvalue weighted by atomic mass is 10.2. The average Bonchev–Trinajstić information content (AvgIpc) is 2.86. The van der Waals surface area contributed by atoms with Crippen LogP contribution in [0.1, 0.15) is 27.8 Å². The maximum Gasteiger partial charge on any atom is 0.273 e. The van der Waals surface area contributed by atoms with Gasteiger partial charge in [0.1, 0.15) is 5.69 Å². The van der Waals surface area contributed by atoms with Crippen LogP contribution in [0.5, 0.6) is 0 Å². The topological polar surface area (TPSA) is 74.8 Å². The van der Waals surface area contributed by atoms with Crippen LogP contribution >= 0.6 is 11.3 Å². The normalized spacial score (nSPS) is 10.1. The molecular formula is C10H9N3O2S. The number of H-pyrrole nitrogens is 1. The quantitative estimate of drug-likeness (QED) is 0.798. The molecule has 0 radical (unpaired) electrons. The predicted octanol–water partition coefficient (Wildman–Crippen LogP) is 1.93. The third kappa shape index (κ3) is 2.17. The first kappa shape index (κ1) is 10.6. The van der Waals surface area contributed by atoms with Gasteiger partial charge in [0, 0.05) is 23.3 Å². The van der Waals surface area contributed by atoms with Gasteiger partial charge in [0.05, 0.1) is 0 Å². The monoisotopic (exact) mass is 235 g/mol. The van der Waals surface area contributed by atoms with Gasteiger partial charge in [-0.05, 0) is 13.0 Å². The molecule has 0 aliphatic carbocycles. The minimum Gasteiger partial charge on any atom is -0.356 e. The van der Waals surface area contributed by atoms with Gasteiger partial charge in [0.2, 0.25) is 0 Å². The Morgan fingerprint density at radius 1 is 1.50 bits per heavy atom. The Balaban J connectivity index is 2.12. The first-order valence-electron chi connectivity index (χ1n) is 4.57. The predicted molar refractivity (Wildman–Crippen MR) is 60.9 cm³/mol. The van der Waals surface area contributed by atoms with E-state index < -0.39 is 0 Å². The highest BCUT2D eigenvalue weighted by atomic mass is 32.1.